The van der Waals surface area contributed by atoms with Gasteiger partial charge in [-0.25, -0.2) is 0 Å². The summed E-state index contributed by atoms with van der Waals surface area (Å²) in [6.45, 7) is 2.38. The van der Waals surface area contributed by atoms with Crippen molar-refractivity contribution in [3.63, 3.8) is 0 Å². The molecule has 0 unspecified atom stereocenters. The van der Waals surface area contributed by atoms with Gasteiger partial charge in [0.05, 0.1) is 11.3 Å². The van der Waals surface area contributed by atoms with Gasteiger partial charge in [0.15, 0.2) is 0 Å². The number of nitrogen functional groups attached to an aromatic ring is 1. The van der Waals surface area contributed by atoms with E-state index in [4.69, 9.17) is 5.84 Å². The first-order valence-corrected chi connectivity index (χ1v) is 5.95. The highest BCUT2D eigenvalue weighted by Gasteiger charge is 2.10. The molecule has 0 bridgehead atoms. The molecular weight excluding hydrogens is 240 g/mol. The smallest absolute Gasteiger partial charge is 0.253 e. The van der Waals surface area contributed by atoms with E-state index in [1.165, 1.54) is 0 Å². The van der Waals surface area contributed by atoms with Gasteiger partial charge in [0.2, 0.25) is 0 Å². The Labute approximate surface area is 111 Å². The molecule has 1 heterocycles. The number of hydrogen-bond donors (Lipinski definition) is 3. The topological polar surface area (TPSA) is 80.0 Å². The van der Waals surface area contributed by atoms with E-state index in [0.717, 1.165) is 11.1 Å². The zero-order valence-corrected chi connectivity index (χ0v) is 10.7. The second-order valence-electron chi connectivity index (χ2n) is 4.24. The maximum Gasteiger partial charge on any atom is 0.253 e. The Morgan fingerprint density at radius 2 is 2.21 bits per heavy atom. The van der Waals surface area contributed by atoms with Crippen molar-refractivity contribution in [3.8, 4) is 0 Å². The number of amides is 1. The molecule has 5 heteroatoms. The highest BCUT2D eigenvalue weighted by atomic mass is 16.1. The first-order chi connectivity index (χ1) is 9.20. The maximum absolute atomic E-state index is 12.1. The lowest BCUT2D eigenvalue weighted by Gasteiger charge is -2.10. The van der Waals surface area contributed by atoms with E-state index in [9.17, 15) is 4.79 Å². The zero-order valence-electron chi connectivity index (χ0n) is 10.7. The molecule has 19 heavy (non-hydrogen) atoms. The molecule has 0 atom stereocenters. The van der Waals surface area contributed by atoms with Gasteiger partial charge in [0.1, 0.15) is 0 Å². The van der Waals surface area contributed by atoms with Crippen LogP contribution in [0.1, 0.15) is 21.5 Å². The SMILES string of the molecule is Cc1ccc(C(=O)NCc2cccnc2)c(NN)c1. The van der Waals surface area contributed by atoms with Crippen molar-refractivity contribution in [3.05, 3.63) is 59.4 Å². The lowest BCUT2D eigenvalue weighted by Crippen LogP contribution is -2.24. The minimum absolute atomic E-state index is 0.170. The number of pyridine rings is 1. The summed E-state index contributed by atoms with van der Waals surface area (Å²) < 4.78 is 0. The van der Waals surface area contributed by atoms with Gasteiger partial charge in [-0.05, 0) is 36.2 Å². The van der Waals surface area contributed by atoms with Crippen LogP contribution in [0, 0.1) is 6.92 Å². The third-order valence-corrected chi connectivity index (χ3v) is 2.75. The summed E-state index contributed by atoms with van der Waals surface area (Å²) in [5.74, 6) is 5.25. The van der Waals surface area contributed by atoms with Gasteiger partial charge < -0.3 is 10.7 Å². The Hall–Kier alpha value is -2.40. The molecule has 0 saturated carbocycles. The third-order valence-electron chi connectivity index (χ3n) is 2.75. The molecule has 0 aliphatic rings. The lowest BCUT2D eigenvalue weighted by molar-refractivity contribution is 0.0951. The van der Waals surface area contributed by atoms with Crippen molar-refractivity contribution in [1.29, 1.82) is 0 Å². The van der Waals surface area contributed by atoms with Crippen molar-refractivity contribution in [1.82, 2.24) is 10.3 Å². The molecule has 1 aromatic carbocycles. The fourth-order valence-electron chi connectivity index (χ4n) is 1.76. The number of carbonyl (C=O) groups excluding carboxylic acids is 1. The Morgan fingerprint density at radius 1 is 1.37 bits per heavy atom. The van der Waals surface area contributed by atoms with Crippen LogP contribution < -0.4 is 16.6 Å². The highest BCUT2D eigenvalue weighted by Crippen LogP contribution is 2.16. The standard InChI is InChI=1S/C14H16N4O/c1-10-4-5-12(13(7-10)18-15)14(19)17-9-11-3-2-6-16-8-11/h2-8,18H,9,15H2,1H3,(H,17,19). The second-order valence-corrected chi connectivity index (χ2v) is 4.24. The van der Waals surface area contributed by atoms with E-state index in [1.54, 1.807) is 18.5 Å². The van der Waals surface area contributed by atoms with Crippen LogP contribution in [0.15, 0.2) is 42.7 Å². The molecule has 4 N–H and O–H groups in total. The highest BCUT2D eigenvalue weighted by molar-refractivity contribution is 5.99. The van der Waals surface area contributed by atoms with Gasteiger partial charge in [0.25, 0.3) is 5.91 Å². The Kier molecular flexibility index (Phi) is 4.10. The number of benzene rings is 1. The molecule has 2 aromatic rings. The monoisotopic (exact) mass is 256 g/mol. The minimum Gasteiger partial charge on any atom is -0.348 e. The van der Waals surface area contributed by atoms with Gasteiger partial charge in [-0.15, -0.1) is 0 Å². The average molecular weight is 256 g/mol. The van der Waals surface area contributed by atoms with Crippen LogP contribution in [0.3, 0.4) is 0 Å². The van der Waals surface area contributed by atoms with Crippen molar-refractivity contribution in [2.24, 2.45) is 5.84 Å². The van der Waals surface area contributed by atoms with Crippen LogP contribution in [0.2, 0.25) is 0 Å². The number of anilines is 1. The van der Waals surface area contributed by atoms with Gasteiger partial charge in [-0.3, -0.25) is 15.6 Å². The first kappa shape index (κ1) is 13.0. The van der Waals surface area contributed by atoms with Crippen molar-refractivity contribution >= 4 is 11.6 Å². The molecule has 0 spiro atoms. The summed E-state index contributed by atoms with van der Waals surface area (Å²) in [7, 11) is 0. The number of nitrogens with one attached hydrogen (secondary N) is 2. The zero-order chi connectivity index (χ0) is 13.7. The molecule has 5 nitrogen and oxygen atoms in total. The Morgan fingerprint density at radius 3 is 2.89 bits per heavy atom. The number of carbonyl (C=O) groups is 1. The molecule has 0 radical (unpaired) electrons. The van der Waals surface area contributed by atoms with E-state index in [1.807, 2.05) is 31.2 Å². The number of aryl methyl sites for hydroxylation is 1. The second kappa shape index (κ2) is 5.97. The van der Waals surface area contributed by atoms with Crippen LogP contribution >= 0.6 is 0 Å². The van der Waals surface area contributed by atoms with Crippen LogP contribution in [0.4, 0.5) is 5.69 Å². The van der Waals surface area contributed by atoms with Crippen molar-refractivity contribution in [2.45, 2.75) is 13.5 Å². The largest absolute Gasteiger partial charge is 0.348 e. The predicted octanol–water partition coefficient (Wildman–Crippen LogP) is 1.61. The first-order valence-electron chi connectivity index (χ1n) is 5.95. The van der Waals surface area contributed by atoms with Crippen LogP contribution in [0.25, 0.3) is 0 Å². The Bertz CT molecular complexity index is 569. The summed E-state index contributed by atoms with van der Waals surface area (Å²) in [4.78, 5) is 16.1. The van der Waals surface area contributed by atoms with Gasteiger partial charge in [-0.2, -0.15) is 0 Å². The summed E-state index contributed by atoms with van der Waals surface area (Å²) in [5.41, 5.74) is 5.67. The van der Waals surface area contributed by atoms with Crippen LogP contribution in [-0.2, 0) is 6.54 Å². The summed E-state index contributed by atoms with van der Waals surface area (Å²) >= 11 is 0. The molecule has 0 fully saturated rings. The van der Waals surface area contributed by atoms with E-state index in [-0.39, 0.29) is 5.91 Å². The van der Waals surface area contributed by atoms with E-state index in [0.29, 0.717) is 17.8 Å². The van der Waals surface area contributed by atoms with E-state index >= 15 is 0 Å². The molecule has 98 valence electrons. The van der Waals surface area contributed by atoms with Crippen LogP contribution in [-0.4, -0.2) is 10.9 Å². The van der Waals surface area contributed by atoms with Gasteiger partial charge in [0, 0.05) is 18.9 Å². The number of rotatable bonds is 4. The predicted molar refractivity (Wildman–Crippen MR) is 74.4 cm³/mol. The molecule has 0 aliphatic heterocycles. The molecule has 0 aliphatic carbocycles. The van der Waals surface area contributed by atoms with Gasteiger partial charge >= 0.3 is 0 Å². The number of nitrogens with zero attached hydrogens (tertiary/aromatic N) is 1. The fraction of sp³-hybridized carbons (Fsp3) is 0.143. The minimum atomic E-state index is -0.170. The number of aromatic nitrogens is 1. The van der Waals surface area contributed by atoms with Crippen molar-refractivity contribution in [2.75, 3.05) is 5.43 Å². The molecule has 1 aromatic heterocycles. The molecule has 1 amide bonds. The average Bonchev–Trinajstić information content (AvgIpc) is 2.45. The number of nitrogens with two attached hydrogens (primary N) is 1. The molecule has 2 rings (SSSR count). The molecular formula is C14H16N4O. The normalized spacial score (nSPS) is 10.0. The van der Waals surface area contributed by atoms with Gasteiger partial charge in [-0.1, -0.05) is 12.1 Å². The lowest BCUT2D eigenvalue weighted by atomic mass is 10.1. The summed E-state index contributed by atoms with van der Waals surface area (Å²) in [6.07, 6.45) is 3.42. The number of hydrogen-bond acceptors (Lipinski definition) is 4. The van der Waals surface area contributed by atoms with Crippen molar-refractivity contribution < 1.29 is 4.79 Å². The maximum atomic E-state index is 12.1. The van der Waals surface area contributed by atoms with Crippen LogP contribution in [0.5, 0.6) is 0 Å². The Balaban J connectivity index is 2.08. The third kappa shape index (κ3) is 3.29. The number of hydrazine groups is 1. The van der Waals surface area contributed by atoms with E-state index < -0.39 is 0 Å². The van der Waals surface area contributed by atoms with E-state index in [2.05, 4.69) is 15.7 Å². The summed E-state index contributed by atoms with van der Waals surface area (Å²) in [5, 5.41) is 2.83. The quantitative estimate of drug-likeness (QED) is 0.573. The summed E-state index contributed by atoms with van der Waals surface area (Å²) in [6, 6.07) is 9.20. The molecule has 0 saturated heterocycles. The fourth-order valence-corrected chi connectivity index (χ4v) is 1.76.